The molecular weight excluding hydrogens is 498 g/mol. The topological polar surface area (TPSA) is 85.9 Å². The molecule has 2 saturated heterocycles. The Labute approximate surface area is 229 Å². The van der Waals surface area contributed by atoms with Crippen molar-refractivity contribution in [2.45, 2.75) is 43.2 Å². The van der Waals surface area contributed by atoms with E-state index >= 15 is 0 Å². The fraction of sp³-hybridized carbons (Fsp3) is 0.483. The van der Waals surface area contributed by atoms with E-state index in [0.717, 1.165) is 68.9 Å². The highest BCUT2D eigenvalue weighted by molar-refractivity contribution is 7.98. The first-order valence-electron chi connectivity index (χ1n) is 13.5. The number of likely N-dealkylation sites (tertiary alicyclic amines) is 1. The number of aliphatic hydroxyl groups is 1. The Kier molecular flexibility index (Phi) is 8.66. The molecular formula is C29H37N5O3S. The van der Waals surface area contributed by atoms with Crippen molar-refractivity contribution in [2.24, 2.45) is 5.92 Å². The van der Waals surface area contributed by atoms with Gasteiger partial charge in [-0.3, -0.25) is 9.69 Å². The van der Waals surface area contributed by atoms with Gasteiger partial charge in [-0.1, -0.05) is 17.3 Å². The average molecular weight is 536 g/mol. The molecule has 0 radical (unpaired) electrons. The van der Waals surface area contributed by atoms with Gasteiger partial charge in [-0.2, -0.15) is 0 Å². The van der Waals surface area contributed by atoms with E-state index in [-0.39, 0.29) is 12.5 Å². The number of piperidine rings is 2. The molecule has 5 rings (SSSR count). The molecule has 1 unspecified atom stereocenters. The third kappa shape index (κ3) is 6.06. The number of aromatic nitrogens is 2. The monoisotopic (exact) mass is 535 g/mol. The van der Waals surface area contributed by atoms with Crippen molar-refractivity contribution in [1.82, 2.24) is 19.9 Å². The van der Waals surface area contributed by atoms with E-state index in [1.807, 2.05) is 12.1 Å². The molecule has 8 nitrogen and oxygen atoms in total. The fourth-order valence-corrected chi connectivity index (χ4v) is 6.05. The molecule has 4 heterocycles. The molecule has 1 aromatic carbocycles. The number of aliphatic hydroxyl groups excluding tert-OH is 1. The van der Waals surface area contributed by atoms with Crippen molar-refractivity contribution in [3.05, 3.63) is 60.0 Å². The minimum absolute atomic E-state index is 0.0799. The van der Waals surface area contributed by atoms with E-state index in [4.69, 9.17) is 9.51 Å². The lowest BCUT2D eigenvalue weighted by atomic mass is 9.94. The van der Waals surface area contributed by atoms with Gasteiger partial charge in [0.1, 0.15) is 17.8 Å². The standard InChI is InChI=1S/C29H37N5O3S/c1-32(19-23-13-17-37-31-23)29(36)26-9-10-27(22-5-7-25(38-2)8-6-22)30-28(26)33-15-11-24(12-16-33)34-14-3-4-21(18-34)20-35/h5-10,13,17,21,24,35H,3-4,11-12,14-16,18-20H2,1-2H3. The van der Waals surface area contributed by atoms with E-state index in [9.17, 15) is 9.90 Å². The van der Waals surface area contributed by atoms with Crippen LogP contribution in [0.5, 0.6) is 0 Å². The smallest absolute Gasteiger partial charge is 0.257 e. The van der Waals surface area contributed by atoms with Crippen LogP contribution in [0.1, 0.15) is 41.7 Å². The number of thioether (sulfide) groups is 1. The first-order valence-corrected chi connectivity index (χ1v) is 14.7. The largest absolute Gasteiger partial charge is 0.396 e. The number of hydrogen-bond acceptors (Lipinski definition) is 8. The number of rotatable bonds is 8. The predicted molar refractivity (Wildman–Crippen MR) is 150 cm³/mol. The van der Waals surface area contributed by atoms with Gasteiger partial charge in [0.2, 0.25) is 0 Å². The summed E-state index contributed by atoms with van der Waals surface area (Å²) in [6.07, 6.45) is 7.91. The zero-order chi connectivity index (χ0) is 26.5. The van der Waals surface area contributed by atoms with Crippen molar-refractivity contribution >= 4 is 23.5 Å². The van der Waals surface area contributed by atoms with Crippen LogP contribution in [0.15, 0.2) is 58.1 Å². The number of benzene rings is 1. The van der Waals surface area contributed by atoms with Gasteiger partial charge in [0, 0.05) is 55.9 Å². The lowest BCUT2D eigenvalue weighted by Crippen LogP contribution is -2.49. The van der Waals surface area contributed by atoms with Crippen molar-refractivity contribution in [1.29, 1.82) is 0 Å². The molecule has 1 atom stereocenters. The van der Waals surface area contributed by atoms with Crippen LogP contribution < -0.4 is 4.90 Å². The number of pyridine rings is 1. The summed E-state index contributed by atoms with van der Waals surface area (Å²) < 4.78 is 4.95. The van der Waals surface area contributed by atoms with Crippen LogP contribution in [0, 0.1) is 5.92 Å². The van der Waals surface area contributed by atoms with Crippen LogP contribution in [0.4, 0.5) is 5.82 Å². The van der Waals surface area contributed by atoms with Gasteiger partial charge >= 0.3 is 0 Å². The summed E-state index contributed by atoms with van der Waals surface area (Å²) in [5, 5.41) is 13.6. The molecule has 1 N–H and O–H groups in total. The van der Waals surface area contributed by atoms with Crippen LogP contribution in [-0.2, 0) is 6.54 Å². The predicted octanol–water partition coefficient (Wildman–Crippen LogP) is 4.40. The SMILES string of the molecule is CSc1ccc(-c2ccc(C(=O)N(C)Cc3ccon3)c(N3CCC(N4CCCC(CO)C4)CC3)n2)cc1. The Morgan fingerprint density at radius 3 is 2.58 bits per heavy atom. The quantitative estimate of drug-likeness (QED) is 0.425. The van der Waals surface area contributed by atoms with E-state index in [1.54, 1.807) is 29.8 Å². The maximum absolute atomic E-state index is 13.6. The second-order valence-corrected chi connectivity index (χ2v) is 11.2. The van der Waals surface area contributed by atoms with E-state index in [1.165, 1.54) is 11.2 Å². The number of anilines is 1. The molecule has 202 valence electrons. The van der Waals surface area contributed by atoms with Gasteiger partial charge in [-0.15, -0.1) is 11.8 Å². The maximum atomic E-state index is 13.6. The Hall–Kier alpha value is -2.88. The minimum Gasteiger partial charge on any atom is -0.396 e. The number of hydrogen-bond donors (Lipinski definition) is 1. The van der Waals surface area contributed by atoms with Gasteiger partial charge in [-0.25, -0.2) is 4.98 Å². The highest BCUT2D eigenvalue weighted by atomic mass is 32.2. The second-order valence-electron chi connectivity index (χ2n) is 10.4. The Bertz CT molecular complexity index is 1200. The molecule has 0 saturated carbocycles. The Morgan fingerprint density at radius 1 is 1.11 bits per heavy atom. The molecule has 1 amide bonds. The Balaban J connectivity index is 1.38. The number of carbonyl (C=O) groups is 1. The van der Waals surface area contributed by atoms with E-state index in [0.29, 0.717) is 29.8 Å². The van der Waals surface area contributed by atoms with Gasteiger partial charge in [0.25, 0.3) is 5.91 Å². The first-order chi connectivity index (χ1) is 18.6. The first kappa shape index (κ1) is 26.7. The average Bonchev–Trinajstić information content (AvgIpc) is 3.49. The maximum Gasteiger partial charge on any atom is 0.257 e. The normalized spacial score (nSPS) is 19.0. The van der Waals surface area contributed by atoms with Crippen molar-refractivity contribution in [3.63, 3.8) is 0 Å². The molecule has 2 aromatic heterocycles. The van der Waals surface area contributed by atoms with Gasteiger partial charge in [0.05, 0.1) is 17.8 Å². The van der Waals surface area contributed by atoms with E-state index < -0.39 is 0 Å². The fourth-order valence-electron chi connectivity index (χ4n) is 5.64. The number of nitrogens with zero attached hydrogens (tertiary/aromatic N) is 5. The van der Waals surface area contributed by atoms with Crippen LogP contribution in [-0.4, -0.2) is 83.1 Å². The number of carbonyl (C=O) groups excluding carboxylic acids is 1. The third-order valence-electron chi connectivity index (χ3n) is 7.82. The molecule has 2 aliphatic heterocycles. The molecule has 38 heavy (non-hydrogen) atoms. The summed E-state index contributed by atoms with van der Waals surface area (Å²) in [5.41, 5.74) is 3.23. The lowest BCUT2D eigenvalue weighted by Gasteiger charge is -2.42. The summed E-state index contributed by atoms with van der Waals surface area (Å²) >= 11 is 1.71. The summed E-state index contributed by atoms with van der Waals surface area (Å²) in [6, 6.07) is 14.6. The van der Waals surface area contributed by atoms with Crippen LogP contribution >= 0.6 is 11.8 Å². The molecule has 0 spiro atoms. The zero-order valence-electron chi connectivity index (χ0n) is 22.3. The van der Waals surface area contributed by atoms with Crippen LogP contribution in [0.3, 0.4) is 0 Å². The number of amides is 1. The van der Waals surface area contributed by atoms with Crippen LogP contribution in [0.2, 0.25) is 0 Å². The second kappa shape index (κ2) is 12.3. The van der Waals surface area contributed by atoms with E-state index in [2.05, 4.69) is 45.5 Å². The van der Waals surface area contributed by atoms with Crippen molar-refractivity contribution in [3.8, 4) is 11.3 Å². The summed E-state index contributed by atoms with van der Waals surface area (Å²) in [5.74, 6) is 1.06. The van der Waals surface area contributed by atoms with Gasteiger partial charge in [-0.05, 0) is 68.7 Å². The summed E-state index contributed by atoms with van der Waals surface area (Å²) in [6.45, 7) is 4.43. The molecule has 2 aliphatic rings. The highest BCUT2D eigenvalue weighted by Gasteiger charge is 2.31. The zero-order valence-corrected chi connectivity index (χ0v) is 23.1. The molecule has 2 fully saturated rings. The minimum atomic E-state index is -0.0799. The highest BCUT2D eigenvalue weighted by Crippen LogP contribution is 2.31. The van der Waals surface area contributed by atoms with Crippen molar-refractivity contribution < 1.29 is 14.4 Å². The lowest BCUT2D eigenvalue weighted by molar-refractivity contribution is 0.0770. The summed E-state index contributed by atoms with van der Waals surface area (Å²) in [7, 11) is 1.79. The summed E-state index contributed by atoms with van der Waals surface area (Å²) in [4.78, 5) is 26.4. The van der Waals surface area contributed by atoms with Crippen molar-refractivity contribution in [2.75, 3.05) is 51.0 Å². The molecule has 0 bridgehead atoms. The molecule has 9 heteroatoms. The van der Waals surface area contributed by atoms with Gasteiger partial charge < -0.3 is 19.4 Å². The molecule has 3 aromatic rings. The van der Waals surface area contributed by atoms with Gasteiger partial charge in [0.15, 0.2) is 0 Å². The third-order valence-corrected chi connectivity index (χ3v) is 8.56. The van der Waals surface area contributed by atoms with Crippen LogP contribution in [0.25, 0.3) is 11.3 Å². The Morgan fingerprint density at radius 2 is 1.89 bits per heavy atom. The molecule has 0 aliphatic carbocycles.